The van der Waals surface area contributed by atoms with Gasteiger partial charge in [0.15, 0.2) is 5.76 Å². The van der Waals surface area contributed by atoms with Crippen LogP contribution in [0, 0.1) is 5.92 Å². The number of hydrogen-bond acceptors (Lipinski definition) is 3. The van der Waals surface area contributed by atoms with Crippen LogP contribution in [0.2, 0.25) is 0 Å². The molecule has 2 aromatic rings. The van der Waals surface area contributed by atoms with Gasteiger partial charge in [0.25, 0.3) is 5.91 Å². The highest BCUT2D eigenvalue weighted by molar-refractivity contribution is 5.91. The predicted molar refractivity (Wildman–Crippen MR) is 88.1 cm³/mol. The van der Waals surface area contributed by atoms with E-state index < -0.39 is 6.10 Å². The van der Waals surface area contributed by atoms with Gasteiger partial charge in [-0.1, -0.05) is 37.3 Å². The van der Waals surface area contributed by atoms with E-state index in [1.807, 2.05) is 48.2 Å². The minimum Gasteiger partial charge on any atom is -0.456 e. The van der Waals surface area contributed by atoms with Gasteiger partial charge in [0.05, 0.1) is 6.10 Å². The molecule has 0 bridgehead atoms. The Labute approximate surface area is 136 Å². The number of hydrogen-bond donors (Lipinski definition) is 1. The fourth-order valence-electron chi connectivity index (χ4n) is 3.18. The first kappa shape index (κ1) is 15.8. The molecule has 1 aromatic heterocycles. The predicted octanol–water partition coefficient (Wildman–Crippen LogP) is 3.43. The fraction of sp³-hybridized carbons (Fsp3) is 0.421. The summed E-state index contributed by atoms with van der Waals surface area (Å²) in [5.41, 5.74) is 0.955. The summed E-state index contributed by atoms with van der Waals surface area (Å²) in [6.45, 7) is 3.33. The maximum absolute atomic E-state index is 12.4. The zero-order valence-electron chi connectivity index (χ0n) is 13.4. The van der Waals surface area contributed by atoms with Crippen molar-refractivity contribution in [1.82, 2.24) is 4.90 Å². The standard InChI is InChI=1S/C19H23NO3/c1-2-16-8-9-17(23-16)19(22)20-12-10-15(11-13-20)18(21)14-6-4-3-5-7-14/h3-9,15,18,21H,2,10-13H2,1H3/t18-/m1/s1. The summed E-state index contributed by atoms with van der Waals surface area (Å²) in [7, 11) is 0. The molecule has 23 heavy (non-hydrogen) atoms. The van der Waals surface area contributed by atoms with Crippen molar-refractivity contribution in [3.05, 3.63) is 59.5 Å². The molecule has 1 saturated heterocycles. The zero-order chi connectivity index (χ0) is 16.2. The number of aliphatic hydroxyl groups is 1. The number of benzene rings is 1. The van der Waals surface area contributed by atoms with Crippen molar-refractivity contribution in [1.29, 1.82) is 0 Å². The minimum absolute atomic E-state index is 0.0441. The third kappa shape index (κ3) is 3.48. The number of aliphatic hydroxyl groups excluding tert-OH is 1. The van der Waals surface area contributed by atoms with Crippen LogP contribution in [0.25, 0.3) is 0 Å². The van der Waals surface area contributed by atoms with Crippen LogP contribution in [0.4, 0.5) is 0 Å². The first-order valence-corrected chi connectivity index (χ1v) is 8.30. The summed E-state index contributed by atoms with van der Waals surface area (Å²) in [4.78, 5) is 14.3. The second-order valence-electron chi connectivity index (χ2n) is 6.10. The molecule has 0 radical (unpaired) electrons. The third-order valence-corrected chi connectivity index (χ3v) is 4.64. The van der Waals surface area contributed by atoms with Gasteiger partial charge in [-0.2, -0.15) is 0 Å². The van der Waals surface area contributed by atoms with Gasteiger partial charge in [-0.25, -0.2) is 0 Å². The number of nitrogens with zero attached hydrogens (tertiary/aromatic N) is 1. The van der Waals surface area contributed by atoms with Gasteiger partial charge in [0.2, 0.25) is 0 Å². The van der Waals surface area contributed by atoms with Crippen LogP contribution in [-0.4, -0.2) is 29.0 Å². The largest absolute Gasteiger partial charge is 0.456 e. The van der Waals surface area contributed by atoms with Gasteiger partial charge in [0.1, 0.15) is 5.76 Å². The van der Waals surface area contributed by atoms with E-state index in [9.17, 15) is 9.90 Å². The second-order valence-corrected chi connectivity index (χ2v) is 6.10. The van der Waals surface area contributed by atoms with E-state index >= 15 is 0 Å². The van der Waals surface area contributed by atoms with E-state index in [2.05, 4.69) is 0 Å². The van der Waals surface area contributed by atoms with Crippen molar-refractivity contribution < 1.29 is 14.3 Å². The highest BCUT2D eigenvalue weighted by Gasteiger charge is 2.29. The highest BCUT2D eigenvalue weighted by atomic mass is 16.4. The molecule has 1 fully saturated rings. The van der Waals surface area contributed by atoms with Crippen molar-refractivity contribution in [2.45, 2.75) is 32.3 Å². The van der Waals surface area contributed by atoms with Gasteiger partial charge < -0.3 is 14.4 Å². The Hall–Kier alpha value is -2.07. The maximum atomic E-state index is 12.4. The van der Waals surface area contributed by atoms with E-state index in [1.54, 1.807) is 6.07 Å². The number of carbonyl (C=O) groups excluding carboxylic acids is 1. The number of furan rings is 1. The van der Waals surface area contributed by atoms with Crippen LogP contribution < -0.4 is 0 Å². The van der Waals surface area contributed by atoms with Gasteiger partial charge in [-0.3, -0.25) is 4.79 Å². The Morgan fingerprint density at radius 1 is 1.22 bits per heavy atom. The van der Waals surface area contributed by atoms with Crippen LogP contribution >= 0.6 is 0 Å². The van der Waals surface area contributed by atoms with Gasteiger partial charge >= 0.3 is 0 Å². The fourth-order valence-corrected chi connectivity index (χ4v) is 3.18. The SMILES string of the molecule is CCc1ccc(C(=O)N2CCC([C@H](O)c3ccccc3)CC2)o1. The maximum Gasteiger partial charge on any atom is 0.289 e. The molecule has 1 amide bonds. The summed E-state index contributed by atoms with van der Waals surface area (Å²) in [5, 5.41) is 10.5. The molecule has 1 aromatic carbocycles. The number of rotatable bonds is 4. The first-order chi connectivity index (χ1) is 11.2. The molecule has 0 spiro atoms. The average Bonchev–Trinajstić information content (AvgIpc) is 3.10. The van der Waals surface area contributed by atoms with E-state index in [0.717, 1.165) is 30.6 Å². The van der Waals surface area contributed by atoms with Crippen LogP contribution in [0.15, 0.2) is 46.9 Å². The van der Waals surface area contributed by atoms with Gasteiger partial charge in [-0.15, -0.1) is 0 Å². The first-order valence-electron chi connectivity index (χ1n) is 8.30. The van der Waals surface area contributed by atoms with Gasteiger partial charge in [-0.05, 0) is 36.5 Å². The van der Waals surface area contributed by atoms with Crippen LogP contribution in [-0.2, 0) is 6.42 Å². The molecule has 1 N–H and O–H groups in total. The molecular formula is C19H23NO3. The Kier molecular flexibility index (Phi) is 4.82. The minimum atomic E-state index is -0.455. The number of likely N-dealkylation sites (tertiary alicyclic amines) is 1. The lowest BCUT2D eigenvalue weighted by Crippen LogP contribution is -2.39. The Morgan fingerprint density at radius 3 is 2.52 bits per heavy atom. The van der Waals surface area contributed by atoms with Crippen molar-refractivity contribution in [3.8, 4) is 0 Å². The van der Waals surface area contributed by atoms with Crippen LogP contribution in [0.3, 0.4) is 0 Å². The smallest absolute Gasteiger partial charge is 0.289 e. The molecular weight excluding hydrogens is 290 g/mol. The number of piperidine rings is 1. The third-order valence-electron chi connectivity index (χ3n) is 4.64. The Bertz CT molecular complexity index is 642. The lowest BCUT2D eigenvalue weighted by atomic mass is 9.87. The molecule has 4 nitrogen and oxygen atoms in total. The van der Waals surface area contributed by atoms with E-state index in [-0.39, 0.29) is 11.8 Å². The zero-order valence-corrected chi connectivity index (χ0v) is 13.4. The van der Waals surface area contributed by atoms with Crippen molar-refractivity contribution in [2.24, 2.45) is 5.92 Å². The lowest BCUT2D eigenvalue weighted by molar-refractivity contribution is 0.0441. The summed E-state index contributed by atoms with van der Waals surface area (Å²) < 4.78 is 5.55. The molecule has 0 saturated carbocycles. The normalized spacial score (nSPS) is 17.2. The lowest BCUT2D eigenvalue weighted by Gasteiger charge is -2.34. The van der Waals surface area contributed by atoms with Gasteiger partial charge in [0, 0.05) is 19.5 Å². The summed E-state index contributed by atoms with van der Waals surface area (Å²) in [6, 6.07) is 13.4. The number of carbonyl (C=O) groups is 1. The number of amides is 1. The quantitative estimate of drug-likeness (QED) is 0.941. The highest BCUT2D eigenvalue weighted by Crippen LogP contribution is 2.31. The van der Waals surface area contributed by atoms with Crippen LogP contribution in [0.5, 0.6) is 0 Å². The Balaban J connectivity index is 1.59. The molecule has 0 unspecified atom stereocenters. The molecule has 0 aliphatic carbocycles. The summed E-state index contributed by atoms with van der Waals surface area (Å²) >= 11 is 0. The molecule has 1 aliphatic heterocycles. The number of aryl methyl sites for hydroxylation is 1. The Morgan fingerprint density at radius 2 is 1.91 bits per heavy atom. The molecule has 1 atom stereocenters. The van der Waals surface area contributed by atoms with Crippen molar-refractivity contribution in [2.75, 3.05) is 13.1 Å². The second kappa shape index (κ2) is 7.01. The van der Waals surface area contributed by atoms with E-state index in [0.29, 0.717) is 18.8 Å². The molecule has 122 valence electrons. The van der Waals surface area contributed by atoms with E-state index in [1.165, 1.54) is 0 Å². The summed E-state index contributed by atoms with van der Waals surface area (Å²) in [5.74, 6) is 1.41. The molecule has 2 heterocycles. The van der Waals surface area contributed by atoms with Crippen LogP contribution in [0.1, 0.15) is 47.7 Å². The molecule has 3 rings (SSSR count). The summed E-state index contributed by atoms with van der Waals surface area (Å²) in [6.07, 6.45) is 1.95. The molecule has 4 heteroatoms. The monoisotopic (exact) mass is 313 g/mol. The van der Waals surface area contributed by atoms with Crippen molar-refractivity contribution in [3.63, 3.8) is 0 Å². The average molecular weight is 313 g/mol. The van der Waals surface area contributed by atoms with E-state index in [4.69, 9.17) is 4.42 Å². The topological polar surface area (TPSA) is 53.7 Å². The molecule has 1 aliphatic rings. The van der Waals surface area contributed by atoms with Crippen molar-refractivity contribution >= 4 is 5.91 Å².